The van der Waals surface area contributed by atoms with Crippen LogP contribution in [0.3, 0.4) is 0 Å². The molecule has 3 N–H and O–H groups in total. The van der Waals surface area contributed by atoms with Gasteiger partial charge >= 0.3 is 0 Å². The van der Waals surface area contributed by atoms with Crippen LogP contribution in [0.5, 0.6) is 0 Å². The van der Waals surface area contributed by atoms with Crippen molar-refractivity contribution >= 4 is 5.91 Å². The van der Waals surface area contributed by atoms with Gasteiger partial charge < -0.3 is 11.1 Å². The highest BCUT2D eigenvalue weighted by Crippen LogP contribution is 2.32. The normalized spacial score (nSPS) is 33.8. The van der Waals surface area contributed by atoms with Crippen molar-refractivity contribution in [1.82, 2.24) is 10.2 Å². The average Bonchev–Trinajstić information content (AvgIpc) is 2.95. The lowest BCUT2D eigenvalue weighted by molar-refractivity contribution is -0.123. The highest BCUT2D eigenvalue weighted by atomic mass is 19.1. The Labute approximate surface area is 127 Å². The fourth-order valence-corrected chi connectivity index (χ4v) is 3.79. The first-order valence-corrected chi connectivity index (χ1v) is 8.39. The van der Waals surface area contributed by atoms with E-state index < -0.39 is 5.67 Å². The number of hydrogen-bond donors (Lipinski definition) is 2. The lowest BCUT2D eigenvalue weighted by Gasteiger charge is -2.41. The van der Waals surface area contributed by atoms with Crippen LogP contribution in [0.25, 0.3) is 0 Å². The van der Waals surface area contributed by atoms with Gasteiger partial charge in [0.1, 0.15) is 5.67 Å². The number of carbonyl (C=O) groups excluding carboxylic acids is 1. The lowest BCUT2D eigenvalue weighted by atomic mass is 9.84. The van der Waals surface area contributed by atoms with Gasteiger partial charge in [0.25, 0.3) is 0 Å². The molecule has 4 atom stereocenters. The number of amides is 1. The topological polar surface area (TPSA) is 58.4 Å². The van der Waals surface area contributed by atoms with E-state index in [9.17, 15) is 9.18 Å². The molecule has 3 unspecified atom stereocenters. The molecule has 122 valence electrons. The molecule has 0 saturated carbocycles. The maximum absolute atomic E-state index is 14.2. The smallest absolute Gasteiger partial charge is 0.234 e. The van der Waals surface area contributed by atoms with Gasteiger partial charge in [-0.3, -0.25) is 9.69 Å². The van der Waals surface area contributed by atoms with Gasteiger partial charge in [-0.25, -0.2) is 4.39 Å². The molecule has 0 aliphatic carbocycles. The lowest BCUT2D eigenvalue weighted by Crippen LogP contribution is -2.54. The first kappa shape index (κ1) is 16.7. The summed E-state index contributed by atoms with van der Waals surface area (Å²) in [6.45, 7) is 6.45. The summed E-state index contributed by atoms with van der Waals surface area (Å²) in [7, 11) is 0. The third-order valence-corrected chi connectivity index (χ3v) is 5.39. The molecule has 0 aromatic rings. The van der Waals surface area contributed by atoms with Crippen molar-refractivity contribution in [2.75, 3.05) is 19.6 Å². The Kier molecular flexibility index (Phi) is 5.60. The molecule has 4 nitrogen and oxygen atoms in total. The van der Waals surface area contributed by atoms with Crippen molar-refractivity contribution in [2.24, 2.45) is 11.7 Å². The van der Waals surface area contributed by atoms with Crippen molar-refractivity contribution < 1.29 is 9.18 Å². The Bertz CT molecular complexity index is 361. The number of carbonyl (C=O) groups is 1. The molecule has 2 fully saturated rings. The summed E-state index contributed by atoms with van der Waals surface area (Å²) >= 11 is 0. The van der Waals surface area contributed by atoms with E-state index in [0.29, 0.717) is 24.8 Å². The maximum atomic E-state index is 14.2. The van der Waals surface area contributed by atoms with E-state index in [1.807, 2.05) is 6.92 Å². The molecule has 0 aromatic heterocycles. The molecule has 2 heterocycles. The molecule has 0 aromatic carbocycles. The number of nitrogens with two attached hydrogens (primary N) is 1. The van der Waals surface area contributed by atoms with Gasteiger partial charge in [0.15, 0.2) is 0 Å². The van der Waals surface area contributed by atoms with Gasteiger partial charge in [0, 0.05) is 6.04 Å². The Balaban J connectivity index is 2.00. The van der Waals surface area contributed by atoms with Crippen LogP contribution in [-0.2, 0) is 4.79 Å². The number of primary amides is 1. The zero-order valence-electron chi connectivity index (χ0n) is 13.4. The minimum absolute atomic E-state index is 0.112. The van der Waals surface area contributed by atoms with E-state index in [1.165, 1.54) is 0 Å². The monoisotopic (exact) mass is 299 g/mol. The first-order valence-electron chi connectivity index (χ1n) is 8.39. The van der Waals surface area contributed by atoms with Gasteiger partial charge in [0.2, 0.25) is 5.91 Å². The number of piperidine rings is 1. The summed E-state index contributed by atoms with van der Waals surface area (Å²) in [6.07, 6.45) is 4.98. The van der Waals surface area contributed by atoms with Crippen LogP contribution in [0.2, 0.25) is 0 Å². The molecule has 2 rings (SSSR count). The molecule has 0 bridgehead atoms. The second-order valence-electron chi connectivity index (χ2n) is 6.92. The van der Waals surface area contributed by atoms with Crippen molar-refractivity contribution in [3.05, 3.63) is 0 Å². The zero-order valence-corrected chi connectivity index (χ0v) is 13.4. The number of alkyl halides is 1. The van der Waals surface area contributed by atoms with Crippen LogP contribution in [-0.4, -0.2) is 48.2 Å². The number of hydrogen-bond acceptors (Lipinski definition) is 3. The second-order valence-corrected chi connectivity index (χ2v) is 6.92. The maximum Gasteiger partial charge on any atom is 0.234 e. The van der Waals surface area contributed by atoms with E-state index >= 15 is 0 Å². The standard InChI is InChI=1S/C16H30FN3O/c1-3-16(2,17)8-6-12-11-19-9-7-13(12)20-10-4-5-14(20)15(18)21/h12-14,19H,3-11H2,1-2H3,(H2,18,21)/t12?,13?,14-,16?/m0/s1. The quantitative estimate of drug-likeness (QED) is 0.787. The summed E-state index contributed by atoms with van der Waals surface area (Å²) < 4.78 is 14.2. The van der Waals surface area contributed by atoms with E-state index in [1.54, 1.807) is 6.92 Å². The molecule has 21 heavy (non-hydrogen) atoms. The summed E-state index contributed by atoms with van der Waals surface area (Å²) in [4.78, 5) is 13.9. The zero-order chi connectivity index (χ0) is 15.5. The molecule has 1 amide bonds. The summed E-state index contributed by atoms with van der Waals surface area (Å²) in [5.41, 5.74) is 4.48. The second kappa shape index (κ2) is 7.05. The van der Waals surface area contributed by atoms with Crippen LogP contribution >= 0.6 is 0 Å². The summed E-state index contributed by atoms with van der Waals surface area (Å²) in [6, 6.07) is 0.262. The fraction of sp³-hybridized carbons (Fsp3) is 0.938. The molecule has 2 saturated heterocycles. The molecular formula is C16H30FN3O. The fourth-order valence-electron chi connectivity index (χ4n) is 3.79. The molecule has 0 radical (unpaired) electrons. The largest absolute Gasteiger partial charge is 0.368 e. The third-order valence-electron chi connectivity index (χ3n) is 5.39. The van der Waals surface area contributed by atoms with Gasteiger partial charge in [-0.05, 0) is 71.0 Å². The molecule has 2 aliphatic heterocycles. The van der Waals surface area contributed by atoms with Crippen LogP contribution in [0.4, 0.5) is 4.39 Å². The van der Waals surface area contributed by atoms with Gasteiger partial charge in [-0.15, -0.1) is 0 Å². The van der Waals surface area contributed by atoms with Crippen molar-refractivity contribution in [3.63, 3.8) is 0 Å². The Morgan fingerprint density at radius 1 is 1.48 bits per heavy atom. The van der Waals surface area contributed by atoms with E-state index in [2.05, 4.69) is 10.2 Å². The molecular weight excluding hydrogens is 269 g/mol. The number of nitrogens with one attached hydrogen (secondary N) is 1. The van der Waals surface area contributed by atoms with E-state index in [4.69, 9.17) is 5.73 Å². The van der Waals surface area contributed by atoms with E-state index in [-0.39, 0.29) is 11.9 Å². The van der Waals surface area contributed by atoms with Crippen molar-refractivity contribution in [1.29, 1.82) is 0 Å². The molecule has 0 spiro atoms. The molecule has 5 heteroatoms. The highest BCUT2D eigenvalue weighted by molar-refractivity contribution is 5.80. The van der Waals surface area contributed by atoms with Gasteiger partial charge in [-0.1, -0.05) is 6.92 Å². The SMILES string of the molecule is CCC(C)(F)CCC1CNCCC1N1CCC[C@H]1C(N)=O. The van der Waals surface area contributed by atoms with Crippen LogP contribution in [0.1, 0.15) is 52.4 Å². The summed E-state index contributed by atoms with van der Waals surface area (Å²) in [5, 5.41) is 3.42. The average molecular weight is 299 g/mol. The van der Waals surface area contributed by atoms with Crippen molar-refractivity contribution in [3.8, 4) is 0 Å². The van der Waals surface area contributed by atoms with Crippen LogP contribution in [0.15, 0.2) is 0 Å². The van der Waals surface area contributed by atoms with Gasteiger partial charge in [-0.2, -0.15) is 0 Å². The van der Waals surface area contributed by atoms with Crippen LogP contribution in [0, 0.1) is 5.92 Å². The Morgan fingerprint density at radius 3 is 2.90 bits per heavy atom. The van der Waals surface area contributed by atoms with Gasteiger partial charge in [0.05, 0.1) is 6.04 Å². The number of halogens is 1. The predicted octanol–water partition coefficient (Wildman–Crippen LogP) is 1.83. The molecule has 2 aliphatic rings. The first-order chi connectivity index (χ1) is 9.94. The number of nitrogens with zero attached hydrogens (tertiary/aromatic N) is 1. The Morgan fingerprint density at radius 2 is 2.24 bits per heavy atom. The summed E-state index contributed by atoms with van der Waals surface area (Å²) in [5.74, 6) is 0.217. The minimum Gasteiger partial charge on any atom is -0.368 e. The Hall–Kier alpha value is -0.680. The minimum atomic E-state index is -1.07. The highest BCUT2D eigenvalue weighted by Gasteiger charge is 2.39. The predicted molar refractivity (Wildman–Crippen MR) is 82.7 cm³/mol. The number of likely N-dealkylation sites (tertiary alicyclic amines) is 1. The van der Waals surface area contributed by atoms with Crippen molar-refractivity contribution in [2.45, 2.75) is 70.1 Å². The van der Waals surface area contributed by atoms with Crippen LogP contribution < -0.4 is 11.1 Å². The number of rotatable bonds is 6. The third kappa shape index (κ3) is 4.16. The van der Waals surface area contributed by atoms with E-state index in [0.717, 1.165) is 45.3 Å².